The molecule has 4 rings (SSSR count). The van der Waals surface area contributed by atoms with E-state index in [0.29, 0.717) is 12.3 Å². The average Bonchev–Trinajstić information content (AvgIpc) is 2.86. The fraction of sp³-hybridized carbons (Fsp3) is 0.381. The molecule has 130 valence electrons. The quantitative estimate of drug-likeness (QED) is 0.789. The highest BCUT2D eigenvalue weighted by Gasteiger charge is 2.34. The molecule has 0 bridgehead atoms. The molecule has 0 saturated carbocycles. The minimum atomic E-state index is 0.142. The minimum absolute atomic E-state index is 0.142. The van der Waals surface area contributed by atoms with E-state index in [9.17, 15) is 4.79 Å². The van der Waals surface area contributed by atoms with Crippen LogP contribution in [0.3, 0.4) is 0 Å². The van der Waals surface area contributed by atoms with Gasteiger partial charge in [0.25, 0.3) is 0 Å². The molecular formula is C21H23ClN2O. The van der Waals surface area contributed by atoms with Crippen molar-refractivity contribution in [3.05, 3.63) is 64.7 Å². The summed E-state index contributed by atoms with van der Waals surface area (Å²) in [5, 5.41) is 4.40. The molecule has 0 aromatic heterocycles. The number of para-hydroxylation sites is 1. The highest BCUT2D eigenvalue weighted by molar-refractivity contribution is 6.30. The van der Waals surface area contributed by atoms with Gasteiger partial charge in [0, 0.05) is 23.7 Å². The number of nitrogens with zero attached hydrogens (tertiary/aromatic N) is 1. The molecule has 0 radical (unpaired) electrons. The molecule has 0 unspecified atom stereocenters. The van der Waals surface area contributed by atoms with Gasteiger partial charge < -0.3 is 10.2 Å². The fourth-order valence-electron chi connectivity index (χ4n) is 4.06. The molecule has 2 aromatic carbocycles. The summed E-state index contributed by atoms with van der Waals surface area (Å²) < 4.78 is 0. The maximum absolute atomic E-state index is 12.7. The van der Waals surface area contributed by atoms with Crippen LogP contribution in [0.5, 0.6) is 0 Å². The number of hydrogen-bond acceptors (Lipinski definition) is 2. The molecular weight excluding hydrogens is 332 g/mol. The molecule has 1 N–H and O–H groups in total. The van der Waals surface area contributed by atoms with Gasteiger partial charge in [-0.05, 0) is 48.6 Å². The molecule has 2 heterocycles. The van der Waals surface area contributed by atoms with Crippen LogP contribution in [0.25, 0.3) is 0 Å². The molecule has 3 nitrogen and oxygen atoms in total. The molecule has 4 heteroatoms. The van der Waals surface area contributed by atoms with Gasteiger partial charge in [0.05, 0.1) is 12.1 Å². The van der Waals surface area contributed by atoms with Crippen molar-refractivity contribution in [2.24, 2.45) is 0 Å². The van der Waals surface area contributed by atoms with Crippen molar-refractivity contribution in [1.82, 2.24) is 4.90 Å². The monoisotopic (exact) mass is 354 g/mol. The van der Waals surface area contributed by atoms with Gasteiger partial charge in [-0.1, -0.05) is 48.4 Å². The summed E-state index contributed by atoms with van der Waals surface area (Å²) >= 11 is 6.05. The van der Waals surface area contributed by atoms with E-state index in [1.54, 1.807) is 0 Å². The van der Waals surface area contributed by atoms with Crippen molar-refractivity contribution in [2.45, 2.75) is 44.2 Å². The maximum atomic E-state index is 12.7. The Morgan fingerprint density at radius 2 is 1.80 bits per heavy atom. The van der Waals surface area contributed by atoms with Crippen LogP contribution >= 0.6 is 11.6 Å². The number of rotatable bonds is 2. The number of fused-ring (bicyclic) bond motifs is 1. The van der Waals surface area contributed by atoms with Gasteiger partial charge >= 0.3 is 0 Å². The summed E-state index contributed by atoms with van der Waals surface area (Å²) in [6, 6.07) is 16.8. The first-order valence-electron chi connectivity index (χ1n) is 9.13. The number of amides is 1. The standard InChI is InChI=1S/C21H23ClN2O/c22-16-11-9-15(10-12-16)19-14-20(17-6-3-4-7-18(17)23-19)24-13-5-1-2-8-21(24)25/h3-4,6-7,9-12,19-20,23H,1-2,5,8,13-14H2/t19-,20-/m0/s1. The van der Waals surface area contributed by atoms with Crippen LogP contribution in [0, 0.1) is 0 Å². The Balaban J connectivity index is 1.69. The predicted molar refractivity (Wildman–Crippen MR) is 102 cm³/mol. The highest BCUT2D eigenvalue weighted by atomic mass is 35.5. The number of carbonyl (C=O) groups is 1. The summed E-state index contributed by atoms with van der Waals surface area (Å²) in [5.74, 6) is 0.300. The summed E-state index contributed by atoms with van der Waals surface area (Å²) in [5.41, 5.74) is 3.59. The number of halogens is 1. The molecule has 2 atom stereocenters. The largest absolute Gasteiger partial charge is 0.378 e. The third-order valence-corrected chi connectivity index (χ3v) is 5.62. The number of likely N-dealkylation sites (tertiary alicyclic amines) is 1. The Labute approximate surface area is 154 Å². The van der Waals surface area contributed by atoms with Crippen molar-refractivity contribution in [1.29, 1.82) is 0 Å². The average molecular weight is 355 g/mol. The lowest BCUT2D eigenvalue weighted by Gasteiger charge is -2.39. The number of hydrogen-bond donors (Lipinski definition) is 1. The normalized spacial score (nSPS) is 23.6. The predicted octanol–water partition coefficient (Wildman–Crippen LogP) is 5.34. The van der Waals surface area contributed by atoms with Crippen molar-refractivity contribution in [3.63, 3.8) is 0 Å². The van der Waals surface area contributed by atoms with Crippen molar-refractivity contribution in [2.75, 3.05) is 11.9 Å². The molecule has 0 spiro atoms. The summed E-state index contributed by atoms with van der Waals surface area (Å²) in [6.07, 6.45) is 4.84. The van der Waals surface area contributed by atoms with E-state index in [2.05, 4.69) is 46.6 Å². The van der Waals surface area contributed by atoms with Gasteiger partial charge in [0.1, 0.15) is 0 Å². The topological polar surface area (TPSA) is 32.3 Å². The second-order valence-corrected chi connectivity index (χ2v) is 7.42. The van der Waals surface area contributed by atoms with Crippen LogP contribution in [0.4, 0.5) is 5.69 Å². The molecule has 2 aliphatic rings. The van der Waals surface area contributed by atoms with E-state index in [4.69, 9.17) is 11.6 Å². The third kappa shape index (κ3) is 3.38. The van der Waals surface area contributed by atoms with Crippen LogP contribution in [0.1, 0.15) is 55.3 Å². The van der Waals surface area contributed by atoms with Crippen molar-refractivity contribution >= 4 is 23.2 Å². The maximum Gasteiger partial charge on any atom is 0.223 e. The Morgan fingerprint density at radius 1 is 1.00 bits per heavy atom. The third-order valence-electron chi connectivity index (χ3n) is 5.37. The summed E-state index contributed by atoms with van der Waals surface area (Å²) in [4.78, 5) is 14.8. The number of nitrogens with one attached hydrogen (secondary N) is 1. The minimum Gasteiger partial charge on any atom is -0.378 e. The Bertz CT molecular complexity index is 759. The van der Waals surface area contributed by atoms with Gasteiger partial charge in [0.2, 0.25) is 5.91 Å². The SMILES string of the molecule is O=C1CCCCCN1[C@H]1C[C@@H](c2ccc(Cl)cc2)Nc2ccccc21. The smallest absolute Gasteiger partial charge is 0.223 e. The molecule has 1 amide bonds. The first-order chi connectivity index (χ1) is 12.2. The lowest BCUT2D eigenvalue weighted by atomic mass is 9.88. The zero-order valence-corrected chi connectivity index (χ0v) is 15.0. The molecule has 25 heavy (non-hydrogen) atoms. The van der Waals surface area contributed by atoms with Crippen LogP contribution in [-0.2, 0) is 4.79 Å². The van der Waals surface area contributed by atoms with Crippen molar-refractivity contribution in [3.8, 4) is 0 Å². The van der Waals surface area contributed by atoms with E-state index in [1.807, 2.05) is 12.1 Å². The molecule has 1 fully saturated rings. The zero-order chi connectivity index (χ0) is 17.2. The second-order valence-electron chi connectivity index (χ2n) is 6.99. The number of benzene rings is 2. The number of anilines is 1. The summed E-state index contributed by atoms with van der Waals surface area (Å²) in [7, 11) is 0. The first kappa shape index (κ1) is 16.5. The van der Waals surface area contributed by atoms with E-state index in [-0.39, 0.29) is 12.1 Å². The van der Waals surface area contributed by atoms with Crippen LogP contribution in [-0.4, -0.2) is 17.4 Å². The Morgan fingerprint density at radius 3 is 2.64 bits per heavy atom. The highest BCUT2D eigenvalue weighted by Crippen LogP contribution is 2.42. The zero-order valence-electron chi connectivity index (χ0n) is 14.2. The van der Waals surface area contributed by atoms with Gasteiger partial charge in [-0.2, -0.15) is 0 Å². The molecule has 1 saturated heterocycles. The van der Waals surface area contributed by atoms with Crippen LogP contribution in [0.15, 0.2) is 48.5 Å². The van der Waals surface area contributed by atoms with E-state index in [1.165, 1.54) is 11.1 Å². The van der Waals surface area contributed by atoms with Gasteiger partial charge in [-0.25, -0.2) is 0 Å². The van der Waals surface area contributed by atoms with Gasteiger partial charge in [-0.3, -0.25) is 4.79 Å². The fourth-order valence-corrected chi connectivity index (χ4v) is 4.18. The van der Waals surface area contributed by atoms with Crippen molar-refractivity contribution < 1.29 is 4.79 Å². The van der Waals surface area contributed by atoms with E-state index >= 15 is 0 Å². The lowest BCUT2D eigenvalue weighted by molar-refractivity contribution is -0.133. The molecule has 2 aliphatic heterocycles. The van der Waals surface area contributed by atoms with Gasteiger partial charge in [0.15, 0.2) is 0 Å². The van der Waals surface area contributed by atoms with E-state index < -0.39 is 0 Å². The number of carbonyl (C=O) groups excluding carboxylic acids is 1. The summed E-state index contributed by atoms with van der Waals surface area (Å²) in [6.45, 7) is 0.866. The molecule has 2 aromatic rings. The molecule has 0 aliphatic carbocycles. The second kappa shape index (κ2) is 7.09. The van der Waals surface area contributed by atoms with Gasteiger partial charge in [-0.15, -0.1) is 0 Å². The van der Waals surface area contributed by atoms with Crippen LogP contribution in [0.2, 0.25) is 5.02 Å². The Kier molecular flexibility index (Phi) is 4.67. The first-order valence-corrected chi connectivity index (χ1v) is 9.50. The van der Waals surface area contributed by atoms with E-state index in [0.717, 1.165) is 42.9 Å². The van der Waals surface area contributed by atoms with Crippen LogP contribution < -0.4 is 5.32 Å². The Hall–Kier alpha value is -2.00. The lowest BCUT2D eigenvalue weighted by Crippen LogP contribution is -2.38.